The minimum atomic E-state index is -1.18. The Morgan fingerprint density at radius 1 is 0.939 bits per heavy atom. The molecule has 0 amide bonds. The van der Waals surface area contributed by atoms with E-state index < -0.39 is 5.60 Å². The van der Waals surface area contributed by atoms with E-state index in [0.29, 0.717) is 32.8 Å². The summed E-state index contributed by atoms with van der Waals surface area (Å²) in [6, 6.07) is 24.0. The topological polar surface area (TPSA) is 60.0 Å². The van der Waals surface area contributed by atoms with Gasteiger partial charge in [-0.1, -0.05) is 54.6 Å². The number of hydrogen-bond donors (Lipinski definition) is 2. The SMILES string of the molecule is CCOc1ccc(-c2ccccc2CC(O)(c2ccccc2)C2CNCCO2)c(OCC)c1. The Kier molecular flexibility index (Phi) is 7.65. The summed E-state index contributed by atoms with van der Waals surface area (Å²) < 4.78 is 17.7. The number of aliphatic hydroxyl groups is 1. The van der Waals surface area contributed by atoms with Crippen LogP contribution in [-0.2, 0) is 16.8 Å². The maximum absolute atomic E-state index is 12.1. The lowest BCUT2D eigenvalue weighted by molar-refractivity contribution is -0.124. The zero-order chi connectivity index (χ0) is 23.1. The molecule has 5 nitrogen and oxygen atoms in total. The lowest BCUT2D eigenvalue weighted by Gasteiger charge is -2.39. The van der Waals surface area contributed by atoms with Gasteiger partial charge in [-0.05, 0) is 42.7 Å². The van der Waals surface area contributed by atoms with Gasteiger partial charge >= 0.3 is 0 Å². The first-order chi connectivity index (χ1) is 16.2. The van der Waals surface area contributed by atoms with Crippen molar-refractivity contribution in [2.45, 2.75) is 32.0 Å². The molecule has 1 heterocycles. The largest absolute Gasteiger partial charge is 0.494 e. The number of nitrogens with one attached hydrogen (secondary N) is 1. The Bertz CT molecular complexity index is 1030. The molecule has 0 aromatic heterocycles. The van der Waals surface area contributed by atoms with Gasteiger partial charge in [0, 0.05) is 31.1 Å². The van der Waals surface area contributed by atoms with Crippen LogP contribution in [0.5, 0.6) is 11.5 Å². The second kappa shape index (κ2) is 10.8. The van der Waals surface area contributed by atoms with Crippen LogP contribution in [0.3, 0.4) is 0 Å². The van der Waals surface area contributed by atoms with Gasteiger partial charge in [-0.25, -0.2) is 0 Å². The molecule has 0 spiro atoms. The van der Waals surface area contributed by atoms with Gasteiger partial charge in [0.25, 0.3) is 0 Å². The van der Waals surface area contributed by atoms with Crippen LogP contribution in [0, 0.1) is 0 Å². The van der Waals surface area contributed by atoms with Gasteiger partial charge in [-0.2, -0.15) is 0 Å². The molecular weight excluding hydrogens is 414 g/mol. The Labute approximate surface area is 196 Å². The van der Waals surface area contributed by atoms with E-state index in [4.69, 9.17) is 14.2 Å². The molecule has 4 rings (SSSR count). The van der Waals surface area contributed by atoms with Crippen molar-refractivity contribution >= 4 is 0 Å². The Balaban J connectivity index is 1.76. The highest BCUT2D eigenvalue weighted by atomic mass is 16.5. The average Bonchev–Trinajstić information content (AvgIpc) is 2.86. The lowest BCUT2D eigenvalue weighted by atomic mass is 9.80. The van der Waals surface area contributed by atoms with Gasteiger partial charge in [-0.3, -0.25) is 0 Å². The average molecular weight is 448 g/mol. The number of rotatable bonds is 9. The summed E-state index contributed by atoms with van der Waals surface area (Å²) in [5, 5.41) is 15.5. The van der Waals surface area contributed by atoms with Crippen LogP contribution in [0.2, 0.25) is 0 Å². The van der Waals surface area contributed by atoms with E-state index in [2.05, 4.69) is 17.4 Å². The molecule has 1 aliphatic heterocycles. The van der Waals surface area contributed by atoms with Crippen LogP contribution >= 0.6 is 0 Å². The van der Waals surface area contributed by atoms with Crippen LogP contribution < -0.4 is 14.8 Å². The fraction of sp³-hybridized carbons (Fsp3) is 0.357. The second-order valence-corrected chi connectivity index (χ2v) is 8.21. The van der Waals surface area contributed by atoms with Crippen molar-refractivity contribution in [2.75, 3.05) is 32.9 Å². The Hall–Kier alpha value is -2.86. The van der Waals surface area contributed by atoms with Crippen molar-refractivity contribution in [1.29, 1.82) is 0 Å². The molecule has 2 atom stereocenters. The molecule has 0 bridgehead atoms. The van der Waals surface area contributed by atoms with Gasteiger partial charge in [0.2, 0.25) is 0 Å². The monoisotopic (exact) mass is 447 g/mol. The third kappa shape index (κ3) is 5.22. The molecule has 0 aliphatic carbocycles. The van der Waals surface area contributed by atoms with Crippen LogP contribution in [0.1, 0.15) is 25.0 Å². The smallest absolute Gasteiger partial charge is 0.130 e. The van der Waals surface area contributed by atoms with E-state index >= 15 is 0 Å². The zero-order valence-electron chi connectivity index (χ0n) is 19.4. The van der Waals surface area contributed by atoms with Crippen LogP contribution in [0.25, 0.3) is 11.1 Å². The van der Waals surface area contributed by atoms with E-state index in [1.165, 1.54) is 0 Å². The molecule has 5 heteroatoms. The summed E-state index contributed by atoms with van der Waals surface area (Å²) in [7, 11) is 0. The molecule has 174 valence electrons. The predicted molar refractivity (Wildman–Crippen MR) is 131 cm³/mol. The third-order valence-electron chi connectivity index (χ3n) is 6.07. The van der Waals surface area contributed by atoms with E-state index in [0.717, 1.165) is 40.3 Å². The summed E-state index contributed by atoms with van der Waals surface area (Å²) in [5.41, 5.74) is 2.71. The first kappa shape index (κ1) is 23.3. The van der Waals surface area contributed by atoms with Gasteiger partial charge < -0.3 is 24.6 Å². The highest BCUT2D eigenvalue weighted by molar-refractivity contribution is 5.74. The van der Waals surface area contributed by atoms with E-state index in [1.807, 2.05) is 74.5 Å². The Morgan fingerprint density at radius 2 is 1.70 bits per heavy atom. The molecule has 3 aromatic rings. The highest BCUT2D eigenvalue weighted by Gasteiger charge is 2.41. The fourth-order valence-corrected chi connectivity index (χ4v) is 4.48. The van der Waals surface area contributed by atoms with Crippen molar-refractivity contribution < 1.29 is 19.3 Å². The molecular formula is C28H33NO4. The van der Waals surface area contributed by atoms with Crippen molar-refractivity contribution in [3.63, 3.8) is 0 Å². The number of hydrogen-bond acceptors (Lipinski definition) is 5. The zero-order valence-corrected chi connectivity index (χ0v) is 19.4. The summed E-state index contributed by atoms with van der Waals surface area (Å²) >= 11 is 0. The summed E-state index contributed by atoms with van der Waals surface area (Å²) in [4.78, 5) is 0. The molecule has 1 aliphatic rings. The highest BCUT2D eigenvalue weighted by Crippen LogP contribution is 2.39. The first-order valence-electron chi connectivity index (χ1n) is 11.7. The van der Waals surface area contributed by atoms with Crippen LogP contribution in [0.15, 0.2) is 72.8 Å². The van der Waals surface area contributed by atoms with Gasteiger partial charge in [-0.15, -0.1) is 0 Å². The van der Waals surface area contributed by atoms with E-state index in [-0.39, 0.29) is 6.10 Å². The number of benzene rings is 3. The number of morpholine rings is 1. The van der Waals surface area contributed by atoms with Gasteiger partial charge in [0.15, 0.2) is 0 Å². The third-order valence-corrected chi connectivity index (χ3v) is 6.07. The molecule has 1 fully saturated rings. The molecule has 0 radical (unpaired) electrons. The van der Waals surface area contributed by atoms with Crippen molar-refractivity contribution in [3.05, 3.63) is 83.9 Å². The molecule has 0 saturated carbocycles. The second-order valence-electron chi connectivity index (χ2n) is 8.21. The molecule has 33 heavy (non-hydrogen) atoms. The fourth-order valence-electron chi connectivity index (χ4n) is 4.48. The van der Waals surface area contributed by atoms with E-state index in [1.54, 1.807) is 0 Å². The summed E-state index contributed by atoms with van der Waals surface area (Å²) in [5.74, 6) is 1.55. The molecule has 2 unspecified atom stereocenters. The van der Waals surface area contributed by atoms with Crippen LogP contribution in [-0.4, -0.2) is 44.1 Å². The lowest BCUT2D eigenvalue weighted by Crippen LogP contribution is -2.52. The summed E-state index contributed by atoms with van der Waals surface area (Å²) in [6.07, 6.45) is 0.0617. The van der Waals surface area contributed by atoms with E-state index in [9.17, 15) is 5.11 Å². The maximum atomic E-state index is 12.1. The predicted octanol–water partition coefficient (Wildman–Crippen LogP) is 4.57. The van der Waals surface area contributed by atoms with Crippen molar-refractivity contribution in [1.82, 2.24) is 5.32 Å². The minimum Gasteiger partial charge on any atom is -0.494 e. The van der Waals surface area contributed by atoms with Crippen molar-refractivity contribution in [2.24, 2.45) is 0 Å². The van der Waals surface area contributed by atoms with Gasteiger partial charge in [0.1, 0.15) is 23.2 Å². The molecule has 2 N–H and O–H groups in total. The first-order valence-corrected chi connectivity index (χ1v) is 11.7. The van der Waals surface area contributed by atoms with Crippen molar-refractivity contribution in [3.8, 4) is 22.6 Å². The molecule has 3 aromatic carbocycles. The Morgan fingerprint density at radius 3 is 2.42 bits per heavy atom. The standard InChI is InChI=1S/C28H33NO4/c1-3-31-23-14-15-25(26(18-23)32-4-2)24-13-9-8-10-21(24)19-28(30,22-11-6-5-7-12-22)27-20-29-16-17-33-27/h5-15,18,27,29-30H,3-4,16-17,19-20H2,1-2H3. The van der Waals surface area contributed by atoms with Gasteiger partial charge in [0.05, 0.1) is 19.8 Å². The minimum absolute atomic E-state index is 0.353. The number of ether oxygens (including phenoxy) is 3. The summed E-state index contributed by atoms with van der Waals surface area (Å²) in [6.45, 7) is 7.07. The quantitative estimate of drug-likeness (QED) is 0.503. The normalized spacial score (nSPS) is 17.8. The maximum Gasteiger partial charge on any atom is 0.130 e. The van der Waals surface area contributed by atoms with Crippen LogP contribution in [0.4, 0.5) is 0 Å². The molecule has 1 saturated heterocycles.